The largest absolute Gasteiger partial charge is 0.376 e. The van der Waals surface area contributed by atoms with Crippen molar-refractivity contribution in [3.63, 3.8) is 0 Å². The van der Waals surface area contributed by atoms with E-state index in [2.05, 4.69) is 10.4 Å². The van der Waals surface area contributed by atoms with Gasteiger partial charge in [0.2, 0.25) is 0 Å². The number of anilines is 1. The molecule has 0 bridgehead atoms. The van der Waals surface area contributed by atoms with Crippen LogP contribution in [0.15, 0.2) is 35.3 Å². The minimum Gasteiger partial charge on any atom is -0.376 e. The predicted octanol–water partition coefficient (Wildman–Crippen LogP) is 4.30. The van der Waals surface area contributed by atoms with E-state index in [1.165, 1.54) is 4.68 Å². The van der Waals surface area contributed by atoms with Crippen LogP contribution in [0, 0.1) is 0 Å². The maximum atomic E-state index is 12.1. The molecule has 6 heteroatoms. The number of aromatic nitrogens is 2. The van der Waals surface area contributed by atoms with E-state index in [1.54, 1.807) is 6.20 Å². The molecule has 4 nitrogen and oxygen atoms in total. The SMILES string of the molecule is CC(Nc1cnn(C(C)C)c(=O)c1Cl)c1ccc(Cl)cc1. The van der Waals surface area contributed by atoms with Gasteiger partial charge in [-0.2, -0.15) is 5.10 Å². The molecule has 112 valence electrons. The second kappa shape index (κ2) is 6.50. The maximum absolute atomic E-state index is 12.1. The number of rotatable bonds is 4. The Morgan fingerprint density at radius 2 is 1.76 bits per heavy atom. The Balaban J connectivity index is 2.26. The standard InChI is InChI=1S/C15H17Cl2N3O/c1-9(2)20-15(21)14(17)13(8-18-20)19-10(3)11-4-6-12(16)7-5-11/h4-10,19H,1-3H3. The second-order valence-corrected chi connectivity index (χ2v) is 5.95. The maximum Gasteiger partial charge on any atom is 0.287 e. The average molecular weight is 326 g/mol. The van der Waals surface area contributed by atoms with Gasteiger partial charge in [-0.15, -0.1) is 0 Å². The van der Waals surface area contributed by atoms with Gasteiger partial charge in [-0.05, 0) is 38.5 Å². The van der Waals surface area contributed by atoms with E-state index in [-0.39, 0.29) is 22.7 Å². The lowest BCUT2D eigenvalue weighted by atomic mass is 10.1. The van der Waals surface area contributed by atoms with Gasteiger partial charge < -0.3 is 5.32 Å². The Kier molecular flexibility index (Phi) is 4.91. The Hall–Kier alpha value is -1.52. The van der Waals surface area contributed by atoms with Gasteiger partial charge in [-0.25, -0.2) is 4.68 Å². The Morgan fingerprint density at radius 1 is 1.14 bits per heavy atom. The summed E-state index contributed by atoms with van der Waals surface area (Å²) in [5, 5.41) is 8.18. The third-order valence-corrected chi connectivity index (χ3v) is 3.79. The first-order chi connectivity index (χ1) is 9.90. The number of halogens is 2. The highest BCUT2D eigenvalue weighted by Crippen LogP contribution is 2.24. The van der Waals surface area contributed by atoms with Gasteiger partial charge in [0.25, 0.3) is 5.56 Å². The average Bonchev–Trinajstić information content (AvgIpc) is 2.44. The minimum absolute atomic E-state index is 0.0177. The van der Waals surface area contributed by atoms with Gasteiger partial charge >= 0.3 is 0 Å². The molecule has 0 aliphatic heterocycles. The minimum atomic E-state index is -0.292. The summed E-state index contributed by atoms with van der Waals surface area (Å²) in [4.78, 5) is 12.1. The zero-order chi connectivity index (χ0) is 15.6. The van der Waals surface area contributed by atoms with Crippen molar-refractivity contribution in [3.05, 3.63) is 56.4 Å². The molecule has 0 aliphatic rings. The van der Waals surface area contributed by atoms with Gasteiger partial charge in [0.05, 0.1) is 17.9 Å². The lowest BCUT2D eigenvalue weighted by molar-refractivity contribution is 0.503. The summed E-state index contributed by atoms with van der Waals surface area (Å²) in [5.41, 5.74) is 1.28. The molecule has 1 atom stereocenters. The van der Waals surface area contributed by atoms with Crippen molar-refractivity contribution in [2.45, 2.75) is 32.9 Å². The van der Waals surface area contributed by atoms with Gasteiger partial charge in [-0.1, -0.05) is 35.3 Å². The fourth-order valence-corrected chi connectivity index (χ4v) is 2.30. The normalized spacial score (nSPS) is 12.5. The number of nitrogens with zero attached hydrogens (tertiary/aromatic N) is 2. The molecule has 1 heterocycles. The van der Waals surface area contributed by atoms with Crippen LogP contribution in [0.5, 0.6) is 0 Å². The van der Waals surface area contributed by atoms with Crippen LogP contribution in [0.2, 0.25) is 10.0 Å². The van der Waals surface area contributed by atoms with E-state index in [0.29, 0.717) is 10.7 Å². The lowest BCUT2D eigenvalue weighted by Gasteiger charge is -2.17. The van der Waals surface area contributed by atoms with Crippen molar-refractivity contribution in [2.24, 2.45) is 0 Å². The summed E-state index contributed by atoms with van der Waals surface area (Å²) in [6.45, 7) is 5.75. The van der Waals surface area contributed by atoms with Crippen LogP contribution >= 0.6 is 23.2 Å². The van der Waals surface area contributed by atoms with E-state index in [0.717, 1.165) is 5.56 Å². The molecule has 21 heavy (non-hydrogen) atoms. The lowest BCUT2D eigenvalue weighted by Crippen LogP contribution is -2.26. The summed E-state index contributed by atoms with van der Waals surface area (Å²) < 4.78 is 1.36. The topological polar surface area (TPSA) is 46.9 Å². The zero-order valence-electron chi connectivity index (χ0n) is 12.1. The van der Waals surface area contributed by atoms with Crippen LogP contribution in [-0.4, -0.2) is 9.78 Å². The Labute approximate surface area is 133 Å². The first-order valence-electron chi connectivity index (χ1n) is 6.69. The van der Waals surface area contributed by atoms with Crippen molar-refractivity contribution in [1.82, 2.24) is 9.78 Å². The highest BCUT2D eigenvalue weighted by molar-refractivity contribution is 6.33. The molecule has 1 aromatic carbocycles. The van der Waals surface area contributed by atoms with Crippen LogP contribution < -0.4 is 10.9 Å². The molecule has 2 aromatic rings. The monoisotopic (exact) mass is 325 g/mol. The van der Waals surface area contributed by atoms with E-state index in [4.69, 9.17) is 23.2 Å². The summed E-state index contributed by atoms with van der Waals surface area (Å²) in [6.07, 6.45) is 1.58. The zero-order valence-corrected chi connectivity index (χ0v) is 13.6. The van der Waals surface area contributed by atoms with Gasteiger partial charge in [0, 0.05) is 11.1 Å². The fraction of sp³-hybridized carbons (Fsp3) is 0.333. The summed E-state index contributed by atoms with van der Waals surface area (Å²) in [6, 6.07) is 7.46. The fourth-order valence-electron chi connectivity index (χ4n) is 1.98. The highest BCUT2D eigenvalue weighted by atomic mass is 35.5. The molecule has 0 fully saturated rings. The predicted molar refractivity (Wildman–Crippen MR) is 87.4 cm³/mol. The Morgan fingerprint density at radius 3 is 2.33 bits per heavy atom. The number of nitrogens with one attached hydrogen (secondary N) is 1. The van der Waals surface area contributed by atoms with E-state index < -0.39 is 0 Å². The van der Waals surface area contributed by atoms with Crippen LogP contribution in [0.1, 0.15) is 38.4 Å². The van der Waals surface area contributed by atoms with Crippen molar-refractivity contribution in [3.8, 4) is 0 Å². The number of hydrogen-bond donors (Lipinski definition) is 1. The summed E-state index contributed by atoms with van der Waals surface area (Å²) in [7, 11) is 0. The van der Waals surface area contributed by atoms with Crippen molar-refractivity contribution >= 4 is 28.9 Å². The molecule has 0 amide bonds. The molecule has 0 aliphatic carbocycles. The summed E-state index contributed by atoms with van der Waals surface area (Å²) >= 11 is 12.0. The van der Waals surface area contributed by atoms with E-state index >= 15 is 0 Å². The van der Waals surface area contributed by atoms with Crippen LogP contribution in [-0.2, 0) is 0 Å². The van der Waals surface area contributed by atoms with Crippen LogP contribution in [0.3, 0.4) is 0 Å². The highest BCUT2D eigenvalue weighted by Gasteiger charge is 2.13. The smallest absolute Gasteiger partial charge is 0.287 e. The van der Waals surface area contributed by atoms with Crippen molar-refractivity contribution in [2.75, 3.05) is 5.32 Å². The molecule has 2 rings (SSSR count). The van der Waals surface area contributed by atoms with E-state index in [9.17, 15) is 4.79 Å². The molecule has 1 aromatic heterocycles. The third-order valence-electron chi connectivity index (χ3n) is 3.17. The van der Waals surface area contributed by atoms with Gasteiger partial charge in [0.1, 0.15) is 5.02 Å². The quantitative estimate of drug-likeness (QED) is 0.911. The Bertz CT molecular complexity index is 680. The number of hydrogen-bond acceptors (Lipinski definition) is 3. The molecule has 0 saturated carbocycles. The molecular weight excluding hydrogens is 309 g/mol. The second-order valence-electron chi connectivity index (χ2n) is 5.13. The molecular formula is C15H17Cl2N3O. The van der Waals surface area contributed by atoms with Gasteiger partial charge in [-0.3, -0.25) is 4.79 Å². The molecule has 0 saturated heterocycles. The number of benzene rings is 1. The van der Waals surface area contributed by atoms with E-state index in [1.807, 2.05) is 45.0 Å². The summed E-state index contributed by atoms with van der Waals surface area (Å²) in [5.74, 6) is 0. The molecule has 1 unspecified atom stereocenters. The van der Waals surface area contributed by atoms with Crippen molar-refractivity contribution in [1.29, 1.82) is 0 Å². The van der Waals surface area contributed by atoms with Crippen molar-refractivity contribution < 1.29 is 0 Å². The van der Waals surface area contributed by atoms with Crippen LogP contribution in [0.4, 0.5) is 5.69 Å². The first kappa shape index (κ1) is 15.9. The first-order valence-corrected chi connectivity index (χ1v) is 7.45. The van der Waals surface area contributed by atoms with Gasteiger partial charge in [0.15, 0.2) is 0 Å². The molecule has 1 N–H and O–H groups in total. The molecule has 0 spiro atoms. The van der Waals surface area contributed by atoms with Crippen LogP contribution in [0.25, 0.3) is 0 Å². The molecule has 0 radical (unpaired) electrons. The third kappa shape index (κ3) is 3.57.